The summed E-state index contributed by atoms with van der Waals surface area (Å²) >= 11 is 0. The molecule has 8 heteroatoms. The van der Waals surface area contributed by atoms with Gasteiger partial charge in [-0.2, -0.15) is 0 Å². The van der Waals surface area contributed by atoms with E-state index in [0.717, 1.165) is 0 Å². The third-order valence-corrected chi connectivity index (χ3v) is 4.80. The first-order chi connectivity index (χ1) is 13.0. The van der Waals surface area contributed by atoms with Crippen molar-refractivity contribution < 1.29 is 33.7 Å². The van der Waals surface area contributed by atoms with Crippen LogP contribution in [0, 0.1) is 0 Å². The van der Waals surface area contributed by atoms with E-state index in [4.69, 9.17) is 19.3 Å². The second-order valence-electron chi connectivity index (χ2n) is 6.65. The first-order valence-electron chi connectivity index (χ1n) is 9.07. The summed E-state index contributed by atoms with van der Waals surface area (Å²) in [5.74, 6) is -0.343. The number of Topliss-reactive ketones (excluding diaryl/α,β-unsaturated/α-hetero) is 1. The molecule has 0 spiro atoms. The lowest BCUT2D eigenvalue weighted by Crippen LogP contribution is -2.40. The fourth-order valence-corrected chi connectivity index (χ4v) is 3.44. The van der Waals surface area contributed by atoms with Crippen molar-refractivity contribution in [3.63, 3.8) is 0 Å². The zero-order valence-electron chi connectivity index (χ0n) is 15.2. The number of hydrogen-bond donors (Lipinski definition) is 1. The summed E-state index contributed by atoms with van der Waals surface area (Å²) in [6.45, 7) is 3.21. The van der Waals surface area contributed by atoms with Crippen molar-refractivity contribution in [2.75, 3.05) is 19.9 Å². The molecule has 3 rings (SSSR count). The molecule has 8 nitrogen and oxygen atoms in total. The second-order valence-corrected chi connectivity index (χ2v) is 6.65. The first kappa shape index (κ1) is 19.2. The number of hydrogen-bond acceptors (Lipinski definition) is 7. The maximum Gasteiger partial charge on any atom is 0.306 e. The molecule has 27 heavy (non-hydrogen) atoms. The van der Waals surface area contributed by atoms with Gasteiger partial charge in [-0.1, -0.05) is 6.92 Å². The van der Waals surface area contributed by atoms with Crippen LogP contribution in [-0.4, -0.2) is 59.8 Å². The lowest BCUT2D eigenvalue weighted by Gasteiger charge is -2.25. The van der Waals surface area contributed by atoms with Gasteiger partial charge in [-0.05, 0) is 31.0 Å². The van der Waals surface area contributed by atoms with Gasteiger partial charge in [0, 0.05) is 18.7 Å². The monoisotopic (exact) mass is 377 g/mol. The molecule has 0 aromatic heterocycles. The molecule has 0 amide bonds. The molecule has 0 bridgehead atoms. The smallest absolute Gasteiger partial charge is 0.306 e. The van der Waals surface area contributed by atoms with Crippen molar-refractivity contribution in [2.24, 2.45) is 0 Å². The van der Waals surface area contributed by atoms with Crippen LogP contribution in [0.2, 0.25) is 0 Å². The molecule has 2 atom stereocenters. The minimum Gasteiger partial charge on any atom is -0.481 e. The first-order valence-corrected chi connectivity index (χ1v) is 9.07. The summed E-state index contributed by atoms with van der Waals surface area (Å²) in [7, 11) is 0. The van der Waals surface area contributed by atoms with E-state index in [1.54, 1.807) is 18.2 Å². The Labute approximate surface area is 157 Å². The number of esters is 1. The van der Waals surface area contributed by atoms with Gasteiger partial charge in [0.1, 0.15) is 6.10 Å². The number of ether oxygens (including phenoxy) is 3. The Kier molecular flexibility index (Phi) is 5.95. The Morgan fingerprint density at radius 3 is 2.78 bits per heavy atom. The third kappa shape index (κ3) is 4.57. The fourth-order valence-electron chi connectivity index (χ4n) is 3.44. The fraction of sp³-hybridized carbons (Fsp3) is 0.526. The maximum atomic E-state index is 13.0. The Morgan fingerprint density at radius 2 is 2.04 bits per heavy atom. The molecular formula is C19H23NO7. The van der Waals surface area contributed by atoms with Gasteiger partial charge in [-0.3, -0.25) is 19.3 Å². The van der Waals surface area contributed by atoms with Gasteiger partial charge in [-0.25, -0.2) is 0 Å². The topological polar surface area (TPSA) is 102 Å². The summed E-state index contributed by atoms with van der Waals surface area (Å²) < 4.78 is 16.0. The number of carboxylic acids is 1. The van der Waals surface area contributed by atoms with Gasteiger partial charge in [0.25, 0.3) is 0 Å². The summed E-state index contributed by atoms with van der Waals surface area (Å²) in [6, 6.07) is 4.86. The average molecular weight is 377 g/mol. The number of nitrogens with zero attached hydrogens (tertiary/aromatic N) is 1. The van der Waals surface area contributed by atoms with Crippen LogP contribution in [0.15, 0.2) is 18.2 Å². The molecule has 1 aromatic rings. The standard InChI is InChI=1S/C19H23NO7/c1-2-14(19(24)12-3-4-15-16(9-12)26-11-25-15)20-8-7-13(10-20)27-18(23)6-5-17(21)22/h3-4,9,13-14H,2,5-8,10-11H2,1H3,(H,21,22)/t13-,14?/m0/s1. The molecular weight excluding hydrogens is 354 g/mol. The van der Waals surface area contributed by atoms with Crippen LogP contribution in [0.5, 0.6) is 11.5 Å². The van der Waals surface area contributed by atoms with Crippen LogP contribution in [0.25, 0.3) is 0 Å². The van der Waals surface area contributed by atoms with E-state index in [1.165, 1.54) is 0 Å². The number of likely N-dealkylation sites (tertiary alicyclic amines) is 1. The highest BCUT2D eigenvalue weighted by molar-refractivity contribution is 6.00. The lowest BCUT2D eigenvalue weighted by molar-refractivity contribution is -0.151. The predicted octanol–water partition coefficient (Wildman–Crippen LogP) is 1.86. The molecule has 2 aliphatic rings. The molecule has 1 N–H and O–H groups in total. The Balaban J connectivity index is 1.58. The van der Waals surface area contributed by atoms with Gasteiger partial charge in [0.05, 0.1) is 18.9 Å². The number of benzene rings is 1. The van der Waals surface area contributed by atoms with E-state index in [0.29, 0.717) is 43.0 Å². The molecule has 2 aliphatic heterocycles. The highest BCUT2D eigenvalue weighted by Gasteiger charge is 2.34. The van der Waals surface area contributed by atoms with E-state index < -0.39 is 11.9 Å². The quantitative estimate of drug-likeness (QED) is 0.541. The minimum absolute atomic E-state index is 0.00588. The summed E-state index contributed by atoms with van der Waals surface area (Å²) in [5.41, 5.74) is 0.563. The van der Waals surface area contributed by atoms with Crippen molar-refractivity contribution in [3.05, 3.63) is 23.8 Å². The molecule has 1 saturated heterocycles. The number of carboxylic acid groups (broad SMARTS) is 1. The van der Waals surface area contributed by atoms with Crippen LogP contribution in [-0.2, 0) is 14.3 Å². The third-order valence-electron chi connectivity index (χ3n) is 4.80. The van der Waals surface area contributed by atoms with E-state index in [9.17, 15) is 14.4 Å². The van der Waals surface area contributed by atoms with Crippen LogP contribution < -0.4 is 9.47 Å². The normalized spacial score (nSPS) is 19.7. The number of carbonyl (C=O) groups is 3. The van der Waals surface area contributed by atoms with Crippen molar-refractivity contribution >= 4 is 17.7 Å². The van der Waals surface area contributed by atoms with Gasteiger partial charge in [0.2, 0.25) is 6.79 Å². The number of fused-ring (bicyclic) bond motifs is 1. The number of rotatable bonds is 8. The van der Waals surface area contributed by atoms with Crippen LogP contribution in [0.4, 0.5) is 0 Å². The van der Waals surface area contributed by atoms with Gasteiger partial charge >= 0.3 is 11.9 Å². The summed E-state index contributed by atoms with van der Waals surface area (Å²) in [5, 5.41) is 8.63. The zero-order valence-corrected chi connectivity index (χ0v) is 15.2. The predicted molar refractivity (Wildman–Crippen MR) is 93.9 cm³/mol. The zero-order chi connectivity index (χ0) is 19.4. The van der Waals surface area contributed by atoms with Gasteiger partial charge in [-0.15, -0.1) is 0 Å². The average Bonchev–Trinajstić information content (AvgIpc) is 3.29. The van der Waals surface area contributed by atoms with E-state index >= 15 is 0 Å². The maximum absolute atomic E-state index is 13.0. The molecule has 1 fully saturated rings. The van der Waals surface area contributed by atoms with Crippen LogP contribution in [0.1, 0.15) is 43.0 Å². The molecule has 1 aromatic carbocycles. The highest BCUT2D eigenvalue weighted by atomic mass is 16.7. The SMILES string of the molecule is CCC(C(=O)c1ccc2c(c1)OCO2)N1CC[C@H](OC(=O)CCC(=O)O)C1. The lowest BCUT2D eigenvalue weighted by atomic mass is 10.0. The molecule has 0 aliphatic carbocycles. The largest absolute Gasteiger partial charge is 0.481 e. The number of ketones is 1. The number of aliphatic carboxylic acids is 1. The molecule has 0 radical (unpaired) electrons. The van der Waals surface area contributed by atoms with Crippen molar-refractivity contribution in [1.29, 1.82) is 0 Å². The minimum atomic E-state index is -1.03. The van der Waals surface area contributed by atoms with Crippen molar-refractivity contribution in [2.45, 2.75) is 44.8 Å². The van der Waals surface area contributed by atoms with Crippen LogP contribution >= 0.6 is 0 Å². The van der Waals surface area contributed by atoms with E-state index in [1.807, 2.05) is 11.8 Å². The Hall–Kier alpha value is -2.61. The van der Waals surface area contributed by atoms with Crippen molar-refractivity contribution in [3.8, 4) is 11.5 Å². The molecule has 1 unspecified atom stereocenters. The Bertz CT molecular complexity index is 733. The van der Waals surface area contributed by atoms with Crippen molar-refractivity contribution in [1.82, 2.24) is 4.90 Å². The summed E-state index contributed by atoms with van der Waals surface area (Å²) in [6.07, 6.45) is 0.565. The molecule has 146 valence electrons. The second kappa shape index (κ2) is 8.39. The molecule has 0 saturated carbocycles. The van der Waals surface area contributed by atoms with E-state index in [-0.39, 0.29) is 37.6 Å². The van der Waals surface area contributed by atoms with Gasteiger partial charge in [0.15, 0.2) is 17.3 Å². The van der Waals surface area contributed by atoms with Gasteiger partial charge < -0.3 is 19.3 Å². The number of carbonyl (C=O) groups excluding carboxylic acids is 2. The summed E-state index contributed by atoms with van der Waals surface area (Å²) in [4.78, 5) is 37.2. The Morgan fingerprint density at radius 1 is 1.26 bits per heavy atom. The molecule has 2 heterocycles. The highest BCUT2D eigenvalue weighted by Crippen LogP contribution is 2.33. The van der Waals surface area contributed by atoms with Crippen LogP contribution in [0.3, 0.4) is 0 Å². The van der Waals surface area contributed by atoms with E-state index in [2.05, 4.69) is 0 Å².